The Kier molecular flexibility index (Phi) is 8.15. The van der Waals surface area contributed by atoms with Crippen LogP contribution < -0.4 is 11.1 Å². The highest BCUT2D eigenvalue weighted by Gasteiger charge is 2.38. The third kappa shape index (κ3) is 5.73. The molecule has 2 rings (SSSR count). The van der Waals surface area contributed by atoms with Gasteiger partial charge in [0.2, 0.25) is 5.91 Å². The minimum absolute atomic E-state index is 0. The van der Waals surface area contributed by atoms with E-state index in [1.54, 1.807) is 12.1 Å². The molecule has 6 nitrogen and oxygen atoms in total. The highest BCUT2D eigenvalue weighted by molar-refractivity contribution is 7.90. The van der Waals surface area contributed by atoms with Crippen LogP contribution in [0.3, 0.4) is 0 Å². The summed E-state index contributed by atoms with van der Waals surface area (Å²) in [6.07, 6.45) is 1.15. The van der Waals surface area contributed by atoms with Crippen molar-refractivity contribution in [2.24, 2.45) is 11.1 Å². The number of carbonyl (C=O) groups excluding carboxylic acids is 1. The van der Waals surface area contributed by atoms with Crippen LogP contribution >= 0.6 is 12.4 Å². The average Bonchev–Trinajstić information content (AvgIpc) is 2.55. The molecular weight excluding hydrogens is 352 g/mol. The number of halogens is 1. The molecule has 1 aromatic rings. The summed E-state index contributed by atoms with van der Waals surface area (Å²) < 4.78 is 29.5. The molecule has 0 aromatic heterocycles. The Morgan fingerprint density at radius 1 is 1.21 bits per heavy atom. The summed E-state index contributed by atoms with van der Waals surface area (Å²) in [5.74, 6) is -0.261. The molecule has 1 saturated heterocycles. The average molecular weight is 377 g/mol. The van der Waals surface area contributed by atoms with Gasteiger partial charge in [-0.2, -0.15) is 0 Å². The Labute approximate surface area is 149 Å². The first-order valence-electron chi connectivity index (χ1n) is 7.78. The van der Waals surface area contributed by atoms with Gasteiger partial charge < -0.3 is 15.8 Å². The van der Waals surface area contributed by atoms with Gasteiger partial charge in [-0.25, -0.2) is 8.42 Å². The van der Waals surface area contributed by atoms with Crippen LogP contribution in [0.15, 0.2) is 30.3 Å². The number of nitrogens with one attached hydrogen (secondary N) is 1. The normalized spacial score (nSPS) is 16.9. The van der Waals surface area contributed by atoms with Gasteiger partial charge in [0.15, 0.2) is 9.84 Å². The summed E-state index contributed by atoms with van der Waals surface area (Å²) >= 11 is 0. The third-order valence-electron chi connectivity index (χ3n) is 4.25. The number of amides is 1. The molecule has 0 radical (unpaired) electrons. The van der Waals surface area contributed by atoms with Crippen molar-refractivity contribution in [3.8, 4) is 0 Å². The third-order valence-corrected chi connectivity index (χ3v) is 5.85. The molecule has 24 heavy (non-hydrogen) atoms. The molecule has 0 saturated carbocycles. The standard InChI is InChI=1S/C16H24N2O4S.ClH/c17-13-16(6-9-22-10-7-16)15(19)18-8-11-23(20,21)12-14-4-2-1-3-5-14;/h1-5H,6-13,17H2,(H,18,19);1H. The molecule has 0 unspecified atom stereocenters. The van der Waals surface area contributed by atoms with Gasteiger partial charge in [-0.1, -0.05) is 30.3 Å². The highest BCUT2D eigenvalue weighted by atomic mass is 35.5. The maximum atomic E-state index is 12.4. The zero-order chi connectivity index (χ0) is 16.8. The van der Waals surface area contributed by atoms with Crippen molar-refractivity contribution >= 4 is 28.2 Å². The molecule has 1 aliphatic rings. The lowest BCUT2D eigenvalue weighted by Crippen LogP contribution is -2.50. The number of benzene rings is 1. The monoisotopic (exact) mass is 376 g/mol. The topological polar surface area (TPSA) is 98.5 Å². The van der Waals surface area contributed by atoms with Crippen molar-refractivity contribution in [3.05, 3.63) is 35.9 Å². The van der Waals surface area contributed by atoms with Crippen LogP contribution in [0.4, 0.5) is 0 Å². The summed E-state index contributed by atoms with van der Waals surface area (Å²) in [4.78, 5) is 12.4. The fourth-order valence-corrected chi connectivity index (χ4v) is 3.95. The summed E-state index contributed by atoms with van der Waals surface area (Å²) in [6, 6.07) is 9.02. The first-order valence-corrected chi connectivity index (χ1v) is 9.60. The molecule has 0 atom stereocenters. The van der Waals surface area contributed by atoms with Crippen LogP contribution in [0.1, 0.15) is 18.4 Å². The van der Waals surface area contributed by atoms with Gasteiger partial charge in [-0.15, -0.1) is 12.4 Å². The predicted molar refractivity (Wildman–Crippen MR) is 95.7 cm³/mol. The van der Waals surface area contributed by atoms with E-state index >= 15 is 0 Å². The molecule has 0 spiro atoms. The molecule has 1 fully saturated rings. The van der Waals surface area contributed by atoms with Crippen molar-refractivity contribution in [1.29, 1.82) is 0 Å². The van der Waals surface area contributed by atoms with E-state index in [2.05, 4.69) is 5.32 Å². The van der Waals surface area contributed by atoms with Gasteiger partial charge >= 0.3 is 0 Å². The molecule has 8 heteroatoms. The number of rotatable bonds is 7. The Balaban J connectivity index is 0.00000288. The van der Waals surface area contributed by atoms with Crippen molar-refractivity contribution in [2.45, 2.75) is 18.6 Å². The largest absolute Gasteiger partial charge is 0.381 e. The van der Waals surface area contributed by atoms with E-state index in [-0.39, 0.29) is 42.9 Å². The fourth-order valence-electron chi connectivity index (χ4n) is 2.69. The van der Waals surface area contributed by atoms with E-state index in [0.29, 0.717) is 26.1 Å². The highest BCUT2D eigenvalue weighted by Crippen LogP contribution is 2.29. The van der Waals surface area contributed by atoms with E-state index in [0.717, 1.165) is 5.56 Å². The number of hydrogen-bond donors (Lipinski definition) is 2. The zero-order valence-electron chi connectivity index (χ0n) is 13.6. The van der Waals surface area contributed by atoms with Gasteiger partial charge in [-0.05, 0) is 18.4 Å². The van der Waals surface area contributed by atoms with E-state index in [9.17, 15) is 13.2 Å². The summed E-state index contributed by atoms with van der Waals surface area (Å²) in [6.45, 7) is 1.38. The lowest BCUT2D eigenvalue weighted by molar-refractivity contribution is -0.135. The fraction of sp³-hybridized carbons (Fsp3) is 0.562. The molecule has 1 aromatic carbocycles. The van der Waals surface area contributed by atoms with E-state index in [1.807, 2.05) is 18.2 Å². The Hall–Kier alpha value is -1.15. The predicted octanol–water partition coefficient (Wildman–Crippen LogP) is 0.895. The van der Waals surface area contributed by atoms with Gasteiger partial charge in [0.1, 0.15) is 0 Å². The Morgan fingerprint density at radius 3 is 2.42 bits per heavy atom. The molecule has 3 N–H and O–H groups in total. The molecule has 0 aliphatic carbocycles. The first kappa shape index (κ1) is 20.9. The second kappa shape index (κ2) is 9.36. The van der Waals surface area contributed by atoms with Gasteiger partial charge in [0.25, 0.3) is 0 Å². The SMILES string of the molecule is Cl.NCC1(C(=O)NCCS(=O)(=O)Cc2ccccc2)CCOCC1. The summed E-state index contributed by atoms with van der Waals surface area (Å²) in [7, 11) is -3.26. The van der Waals surface area contributed by atoms with Crippen LogP contribution in [0, 0.1) is 5.41 Å². The Bertz CT molecular complexity index is 616. The van der Waals surface area contributed by atoms with Crippen molar-refractivity contribution in [3.63, 3.8) is 0 Å². The van der Waals surface area contributed by atoms with Crippen LogP contribution in [-0.4, -0.2) is 46.4 Å². The maximum Gasteiger partial charge on any atom is 0.227 e. The minimum atomic E-state index is -3.26. The van der Waals surface area contributed by atoms with Crippen LogP contribution in [0.2, 0.25) is 0 Å². The van der Waals surface area contributed by atoms with Crippen molar-refractivity contribution < 1.29 is 17.9 Å². The maximum absolute atomic E-state index is 12.4. The molecule has 1 amide bonds. The molecule has 0 bridgehead atoms. The zero-order valence-corrected chi connectivity index (χ0v) is 15.2. The van der Waals surface area contributed by atoms with Gasteiger partial charge in [0, 0.05) is 26.3 Å². The molecular formula is C16H25ClN2O4S. The van der Waals surface area contributed by atoms with Crippen LogP contribution in [-0.2, 0) is 25.1 Å². The smallest absolute Gasteiger partial charge is 0.227 e. The quantitative estimate of drug-likeness (QED) is 0.736. The summed E-state index contributed by atoms with van der Waals surface area (Å²) in [5.41, 5.74) is 5.89. The number of nitrogens with two attached hydrogens (primary N) is 1. The number of ether oxygens (including phenoxy) is 1. The minimum Gasteiger partial charge on any atom is -0.381 e. The van der Waals surface area contributed by atoms with E-state index < -0.39 is 15.3 Å². The lowest BCUT2D eigenvalue weighted by atomic mass is 9.79. The number of carbonyl (C=O) groups is 1. The molecule has 1 aliphatic heterocycles. The molecule has 136 valence electrons. The van der Waals surface area contributed by atoms with Crippen LogP contribution in [0.25, 0.3) is 0 Å². The van der Waals surface area contributed by atoms with Gasteiger partial charge in [-0.3, -0.25) is 4.79 Å². The van der Waals surface area contributed by atoms with Crippen LogP contribution in [0.5, 0.6) is 0 Å². The van der Waals surface area contributed by atoms with Gasteiger partial charge in [0.05, 0.1) is 16.9 Å². The first-order chi connectivity index (χ1) is 11.0. The van der Waals surface area contributed by atoms with Crippen molar-refractivity contribution in [1.82, 2.24) is 5.32 Å². The van der Waals surface area contributed by atoms with E-state index in [4.69, 9.17) is 10.5 Å². The second-order valence-corrected chi connectivity index (χ2v) is 8.11. The number of hydrogen-bond acceptors (Lipinski definition) is 5. The summed E-state index contributed by atoms with van der Waals surface area (Å²) in [5, 5.41) is 2.73. The Morgan fingerprint density at radius 2 is 1.83 bits per heavy atom. The second-order valence-electron chi connectivity index (χ2n) is 5.93. The lowest BCUT2D eigenvalue weighted by Gasteiger charge is -2.34. The molecule has 1 heterocycles. The van der Waals surface area contributed by atoms with Crippen molar-refractivity contribution in [2.75, 3.05) is 32.1 Å². The van der Waals surface area contributed by atoms with E-state index in [1.165, 1.54) is 0 Å². The number of sulfone groups is 1.